The number of nitrogens with zero attached hydrogens (tertiary/aromatic N) is 1. The van der Waals surface area contributed by atoms with Crippen molar-refractivity contribution in [3.05, 3.63) is 76.4 Å². The predicted octanol–water partition coefficient (Wildman–Crippen LogP) is 3.46. The predicted molar refractivity (Wildman–Crippen MR) is 90.2 cm³/mol. The van der Waals surface area contributed by atoms with Crippen LogP contribution in [-0.4, -0.2) is 22.1 Å². The van der Waals surface area contributed by atoms with Gasteiger partial charge in [0.25, 0.3) is 5.91 Å². The van der Waals surface area contributed by atoms with E-state index in [0.29, 0.717) is 18.7 Å². The van der Waals surface area contributed by atoms with Gasteiger partial charge in [-0.3, -0.25) is 4.79 Å². The van der Waals surface area contributed by atoms with Crippen LogP contribution in [0.25, 0.3) is 5.76 Å². The van der Waals surface area contributed by atoms with Crippen LogP contribution in [0.3, 0.4) is 0 Å². The number of aryl methyl sites for hydroxylation is 1. The fourth-order valence-electron chi connectivity index (χ4n) is 2.75. The van der Waals surface area contributed by atoms with E-state index in [-0.39, 0.29) is 17.2 Å². The molecule has 1 amide bonds. The molecule has 0 unspecified atom stereocenters. The van der Waals surface area contributed by atoms with Crippen LogP contribution >= 0.6 is 0 Å². The lowest BCUT2D eigenvalue weighted by Gasteiger charge is -2.16. The summed E-state index contributed by atoms with van der Waals surface area (Å²) >= 11 is 0. The number of aliphatic hydroxyl groups excluding tert-OH is 1. The van der Waals surface area contributed by atoms with Gasteiger partial charge >= 0.3 is 0 Å². The molecule has 1 aliphatic rings. The molecule has 0 radical (unpaired) electrons. The summed E-state index contributed by atoms with van der Waals surface area (Å²) in [5.74, 6) is -0.477. The zero-order valence-corrected chi connectivity index (χ0v) is 12.9. The van der Waals surface area contributed by atoms with Crippen LogP contribution in [0.2, 0.25) is 0 Å². The molecule has 0 aliphatic carbocycles. The molecule has 0 saturated carbocycles. The molecule has 0 fully saturated rings. The third-order valence-electron chi connectivity index (χ3n) is 4.08. The largest absolute Gasteiger partial charge is 0.506 e. The summed E-state index contributed by atoms with van der Waals surface area (Å²) in [4.78, 5) is 14.3. The lowest BCUT2D eigenvalue weighted by molar-refractivity contribution is -0.127. The maximum atomic E-state index is 12.7. The molecule has 0 aromatic heterocycles. The zero-order valence-electron chi connectivity index (χ0n) is 12.9. The molecular formula is C19H18N2O2. The number of rotatable bonds is 3. The lowest BCUT2D eigenvalue weighted by Crippen LogP contribution is -2.28. The Morgan fingerprint density at radius 2 is 1.65 bits per heavy atom. The summed E-state index contributed by atoms with van der Waals surface area (Å²) in [6.07, 6.45) is 0.931. The molecule has 3 rings (SSSR count). The number of amides is 1. The Balaban J connectivity index is 1.89. The van der Waals surface area contributed by atoms with Crippen molar-refractivity contribution in [1.29, 1.82) is 5.41 Å². The Morgan fingerprint density at radius 1 is 1.09 bits per heavy atom. The van der Waals surface area contributed by atoms with Gasteiger partial charge in [-0.15, -0.1) is 0 Å². The van der Waals surface area contributed by atoms with Gasteiger partial charge < -0.3 is 15.4 Å². The minimum atomic E-state index is -0.325. The number of carbonyl (C=O) groups is 1. The van der Waals surface area contributed by atoms with Crippen molar-refractivity contribution in [2.24, 2.45) is 0 Å². The topological polar surface area (TPSA) is 64.4 Å². The van der Waals surface area contributed by atoms with Gasteiger partial charge in [-0.1, -0.05) is 54.1 Å². The summed E-state index contributed by atoms with van der Waals surface area (Å²) in [5, 5.41) is 17.9. The van der Waals surface area contributed by atoms with Crippen LogP contribution in [0.5, 0.6) is 0 Å². The molecule has 0 atom stereocenters. The lowest BCUT2D eigenvalue weighted by atomic mass is 10.1. The van der Waals surface area contributed by atoms with E-state index in [9.17, 15) is 9.90 Å². The van der Waals surface area contributed by atoms with Gasteiger partial charge in [0.2, 0.25) is 0 Å². The van der Waals surface area contributed by atoms with Gasteiger partial charge in [0.1, 0.15) is 5.76 Å². The van der Waals surface area contributed by atoms with Crippen LogP contribution in [0.1, 0.15) is 22.3 Å². The molecule has 4 heteroatoms. The molecule has 2 aromatic rings. The highest BCUT2D eigenvalue weighted by atomic mass is 16.3. The van der Waals surface area contributed by atoms with E-state index in [1.165, 1.54) is 0 Å². The Hall–Kier alpha value is -2.88. The highest BCUT2D eigenvalue weighted by Crippen LogP contribution is 2.25. The van der Waals surface area contributed by atoms with Crippen molar-refractivity contribution >= 4 is 17.9 Å². The van der Waals surface area contributed by atoms with Crippen LogP contribution in [0, 0.1) is 12.3 Å². The van der Waals surface area contributed by atoms with Gasteiger partial charge in [-0.2, -0.15) is 0 Å². The molecule has 0 saturated heterocycles. The number of aliphatic hydroxyl groups is 1. The average molecular weight is 306 g/mol. The molecule has 0 bridgehead atoms. The van der Waals surface area contributed by atoms with Crippen molar-refractivity contribution in [2.75, 3.05) is 0 Å². The number of fused-ring (bicyclic) bond motifs is 1. The quantitative estimate of drug-likeness (QED) is 0.518. The standard InChI is InChI=1S/C19H18N2O2/c1-13-6-8-14(9-7-13)18(22)17(10-20)19(23)21-11-15-4-2-3-5-16(15)12-21/h2-10,20,22H,11-12H2,1H3/b18-17+,20-10?. The van der Waals surface area contributed by atoms with E-state index in [0.717, 1.165) is 22.9 Å². The van der Waals surface area contributed by atoms with Gasteiger partial charge in [0.15, 0.2) is 0 Å². The van der Waals surface area contributed by atoms with Gasteiger partial charge in [-0.25, -0.2) is 0 Å². The van der Waals surface area contributed by atoms with E-state index in [2.05, 4.69) is 0 Å². The zero-order chi connectivity index (χ0) is 16.4. The number of benzene rings is 2. The highest BCUT2D eigenvalue weighted by molar-refractivity contribution is 6.16. The van der Waals surface area contributed by atoms with E-state index < -0.39 is 0 Å². The second-order valence-corrected chi connectivity index (χ2v) is 5.70. The SMILES string of the molecule is Cc1ccc(/C(O)=C(/C=N)C(=O)N2Cc3ccccc3C2)cc1. The normalized spacial score (nSPS) is 14.2. The first-order valence-electron chi connectivity index (χ1n) is 7.47. The molecule has 4 nitrogen and oxygen atoms in total. The maximum Gasteiger partial charge on any atom is 0.259 e. The van der Waals surface area contributed by atoms with Gasteiger partial charge in [0, 0.05) is 24.9 Å². The molecule has 2 aromatic carbocycles. The second kappa shape index (κ2) is 6.08. The average Bonchev–Trinajstić information content (AvgIpc) is 3.00. The number of hydrogen-bond donors (Lipinski definition) is 2. The van der Waals surface area contributed by atoms with Crippen molar-refractivity contribution in [2.45, 2.75) is 20.0 Å². The molecule has 1 heterocycles. The van der Waals surface area contributed by atoms with E-state index in [4.69, 9.17) is 5.41 Å². The van der Waals surface area contributed by atoms with Crippen molar-refractivity contribution in [3.8, 4) is 0 Å². The Bertz CT molecular complexity index is 766. The molecule has 23 heavy (non-hydrogen) atoms. The number of nitrogens with one attached hydrogen (secondary N) is 1. The fraction of sp³-hybridized carbons (Fsp3) is 0.158. The summed E-state index contributed by atoms with van der Waals surface area (Å²) in [6.45, 7) is 2.97. The van der Waals surface area contributed by atoms with Crippen LogP contribution in [0.4, 0.5) is 0 Å². The Kier molecular flexibility index (Phi) is 3.98. The van der Waals surface area contributed by atoms with Crippen molar-refractivity contribution in [3.63, 3.8) is 0 Å². The first kappa shape index (κ1) is 15.0. The number of hydrogen-bond acceptors (Lipinski definition) is 3. The summed E-state index contributed by atoms with van der Waals surface area (Å²) in [6, 6.07) is 15.1. The van der Waals surface area contributed by atoms with Crippen molar-refractivity contribution in [1.82, 2.24) is 4.90 Å². The maximum absolute atomic E-state index is 12.7. The van der Waals surface area contributed by atoms with Gasteiger partial charge in [-0.05, 0) is 18.1 Å². The fourth-order valence-corrected chi connectivity index (χ4v) is 2.75. The second-order valence-electron chi connectivity index (χ2n) is 5.70. The molecular weight excluding hydrogens is 288 g/mol. The molecule has 1 aliphatic heterocycles. The molecule has 2 N–H and O–H groups in total. The van der Waals surface area contributed by atoms with Crippen LogP contribution in [0.15, 0.2) is 54.1 Å². The smallest absolute Gasteiger partial charge is 0.259 e. The third-order valence-corrected chi connectivity index (χ3v) is 4.08. The minimum absolute atomic E-state index is 0.0154. The Labute approximate surface area is 135 Å². The summed E-state index contributed by atoms with van der Waals surface area (Å²) < 4.78 is 0. The number of carbonyl (C=O) groups excluding carboxylic acids is 1. The summed E-state index contributed by atoms with van der Waals surface area (Å²) in [7, 11) is 0. The van der Waals surface area contributed by atoms with Crippen LogP contribution < -0.4 is 0 Å². The first-order valence-corrected chi connectivity index (χ1v) is 7.47. The molecule has 0 spiro atoms. The van der Waals surface area contributed by atoms with Crippen molar-refractivity contribution < 1.29 is 9.90 Å². The van der Waals surface area contributed by atoms with E-state index in [1.54, 1.807) is 17.0 Å². The monoisotopic (exact) mass is 306 g/mol. The molecule has 116 valence electrons. The summed E-state index contributed by atoms with van der Waals surface area (Å²) in [5.41, 5.74) is 3.85. The van der Waals surface area contributed by atoms with E-state index in [1.807, 2.05) is 43.3 Å². The van der Waals surface area contributed by atoms with Crippen LogP contribution in [-0.2, 0) is 17.9 Å². The van der Waals surface area contributed by atoms with Gasteiger partial charge in [0.05, 0.1) is 5.57 Å². The third kappa shape index (κ3) is 2.88. The Morgan fingerprint density at radius 3 is 2.17 bits per heavy atom. The highest BCUT2D eigenvalue weighted by Gasteiger charge is 2.26. The first-order chi connectivity index (χ1) is 11.1. The van der Waals surface area contributed by atoms with E-state index >= 15 is 0 Å². The minimum Gasteiger partial charge on any atom is -0.506 e.